The number of rotatable bonds is 13. The van der Waals surface area contributed by atoms with Crippen LogP contribution in [0.15, 0.2) is 11.8 Å². The first-order chi connectivity index (χ1) is 17.3. The van der Waals surface area contributed by atoms with E-state index < -0.39 is 99.8 Å². The Hall–Kier alpha value is -0.129. The van der Waals surface area contributed by atoms with Gasteiger partial charge in [0.15, 0.2) is 22.9 Å². The summed E-state index contributed by atoms with van der Waals surface area (Å²) in [5.74, 6) is -2.24. The Kier molecular flexibility index (Phi) is 11.9. The molecule has 0 spiro atoms. The van der Waals surface area contributed by atoms with Crippen molar-refractivity contribution in [1.29, 1.82) is 0 Å². The molecule has 9 atom stereocenters. The monoisotopic (exact) mass is 602 g/mol. The maximum atomic E-state index is 10.8. The third kappa shape index (κ3) is 9.47. The van der Waals surface area contributed by atoms with Crippen LogP contribution < -0.4 is 0 Å². The predicted octanol–water partition coefficient (Wildman–Crippen LogP) is -1.50. The molecule has 38 heavy (non-hydrogen) atoms. The minimum absolute atomic E-state index is 0.0627. The molecule has 2 rings (SSSR count). The lowest BCUT2D eigenvalue weighted by Crippen LogP contribution is -2.59. The van der Waals surface area contributed by atoms with E-state index in [1.54, 1.807) is 6.08 Å². The second kappa shape index (κ2) is 13.2. The average Bonchev–Trinajstić information content (AvgIpc) is 2.98. The Morgan fingerprint density at radius 2 is 1.39 bits per heavy atom. The van der Waals surface area contributed by atoms with Gasteiger partial charge in [0.1, 0.15) is 49.3 Å². The highest BCUT2D eigenvalue weighted by molar-refractivity contribution is 6.89. The Bertz CT molecular complexity index is 759. The van der Waals surface area contributed by atoms with Gasteiger partial charge < -0.3 is 62.9 Å². The third-order valence-corrected chi connectivity index (χ3v) is 14.7. The molecule has 2 saturated heterocycles. The highest BCUT2D eigenvalue weighted by Gasteiger charge is 2.54. The van der Waals surface area contributed by atoms with E-state index in [1.807, 2.05) is 12.2 Å². The minimum Gasteiger partial charge on any atom is -0.434 e. The number of aliphatic hydroxyl groups excluding tert-OH is 6. The molecule has 13 nitrogen and oxygen atoms in total. The molecule has 0 unspecified atom stereocenters. The zero-order valence-corrected chi connectivity index (χ0v) is 26.2. The summed E-state index contributed by atoms with van der Waals surface area (Å²) in [5, 5.41) is 70.6. The molecule has 224 valence electrons. The summed E-state index contributed by atoms with van der Waals surface area (Å²) < 4.78 is 34.3. The van der Waals surface area contributed by atoms with E-state index in [2.05, 4.69) is 39.3 Å². The number of aliphatic hydroxyl groups is 7. The first-order valence-corrected chi connectivity index (χ1v) is 21.9. The minimum atomic E-state index is -2.62. The van der Waals surface area contributed by atoms with Gasteiger partial charge in [0.25, 0.3) is 0 Å². The van der Waals surface area contributed by atoms with Gasteiger partial charge in [-0.15, -0.1) is 0 Å². The van der Waals surface area contributed by atoms with Crippen molar-refractivity contribution < 1.29 is 62.9 Å². The molecule has 0 aromatic rings. The maximum Gasteiger partial charge on any atom is 0.341 e. The maximum absolute atomic E-state index is 10.8. The first kappa shape index (κ1) is 34.1. The molecule has 0 bridgehead atoms. The third-order valence-electron chi connectivity index (χ3n) is 5.76. The SMILES string of the molecule is C[Si](C)(C)O[Si](C)(C=CCOC[C@@]1(O)O[C@H](CO[C@H]2O[C@H](CO)[C@@H](O)[C@H](O)[C@H]2O)[C@@H](O)[C@@H]1O)O[Si](C)(C)C. The van der Waals surface area contributed by atoms with Crippen LogP contribution in [-0.4, -0.2) is 142 Å². The molecule has 16 heteroatoms. The average molecular weight is 603 g/mol. The summed E-state index contributed by atoms with van der Waals surface area (Å²) in [5.41, 5.74) is 1.89. The van der Waals surface area contributed by atoms with Gasteiger partial charge in [0.2, 0.25) is 5.79 Å². The van der Waals surface area contributed by atoms with E-state index in [9.17, 15) is 35.7 Å². The molecular weight excluding hydrogens is 556 g/mol. The summed E-state index contributed by atoms with van der Waals surface area (Å²) in [7, 11) is -6.40. The lowest BCUT2D eigenvalue weighted by molar-refractivity contribution is -0.311. The zero-order chi connectivity index (χ0) is 29.1. The Balaban J connectivity index is 1.92. The highest BCUT2D eigenvalue weighted by atomic mass is 28.5. The van der Waals surface area contributed by atoms with Crippen LogP contribution in [0, 0.1) is 0 Å². The van der Waals surface area contributed by atoms with Gasteiger partial charge in [-0.25, -0.2) is 0 Å². The molecule has 2 heterocycles. The molecule has 0 saturated carbocycles. The summed E-state index contributed by atoms with van der Waals surface area (Å²) in [4.78, 5) is 0. The molecule has 0 radical (unpaired) electrons. The van der Waals surface area contributed by atoms with Crippen molar-refractivity contribution in [2.24, 2.45) is 0 Å². The van der Waals surface area contributed by atoms with Gasteiger partial charge in [-0.2, -0.15) is 0 Å². The Labute approximate surface area is 227 Å². The molecular formula is C22H46O13Si3. The van der Waals surface area contributed by atoms with Crippen LogP contribution in [0.3, 0.4) is 0 Å². The normalized spacial score (nSPS) is 37.3. The summed E-state index contributed by atoms with van der Waals surface area (Å²) >= 11 is 0. The molecule has 2 aliphatic rings. The van der Waals surface area contributed by atoms with Gasteiger partial charge in [-0.3, -0.25) is 0 Å². The molecule has 7 N–H and O–H groups in total. The predicted molar refractivity (Wildman–Crippen MR) is 142 cm³/mol. The standard InChI is InChI=1S/C22H46O13Si3/c1-36(2,3)34-38(7,35-37(4,5)6)10-8-9-30-13-22(29)20(28)17(25)15(33-22)12-31-21-19(27)18(26)16(24)14(11-23)32-21/h8,10,14-21,23-29H,9,11-13H2,1-7H3/t14-,15-,16-,17-,18+,19-,20+,21+,22-/m1/s1. The van der Waals surface area contributed by atoms with E-state index in [4.69, 9.17) is 27.2 Å². The van der Waals surface area contributed by atoms with E-state index in [0.29, 0.717) is 0 Å². The van der Waals surface area contributed by atoms with Crippen molar-refractivity contribution in [1.82, 2.24) is 0 Å². The van der Waals surface area contributed by atoms with Gasteiger partial charge in [-0.05, 0) is 51.5 Å². The fraction of sp³-hybridized carbons (Fsp3) is 0.909. The molecule has 0 aromatic carbocycles. The zero-order valence-electron chi connectivity index (χ0n) is 23.2. The first-order valence-electron chi connectivity index (χ1n) is 12.6. The van der Waals surface area contributed by atoms with Crippen molar-refractivity contribution in [3.05, 3.63) is 11.8 Å². The van der Waals surface area contributed by atoms with Crippen molar-refractivity contribution in [2.45, 2.75) is 101 Å². The number of hydrogen-bond acceptors (Lipinski definition) is 13. The van der Waals surface area contributed by atoms with Crippen molar-refractivity contribution in [3.8, 4) is 0 Å². The van der Waals surface area contributed by atoms with E-state index in [0.717, 1.165) is 0 Å². The van der Waals surface area contributed by atoms with E-state index >= 15 is 0 Å². The topological polar surface area (TPSA) is 197 Å². The molecule has 0 amide bonds. The molecule has 0 aliphatic carbocycles. The van der Waals surface area contributed by atoms with Gasteiger partial charge in [0, 0.05) is 0 Å². The van der Waals surface area contributed by atoms with Gasteiger partial charge in [0.05, 0.1) is 19.8 Å². The van der Waals surface area contributed by atoms with Crippen LogP contribution in [0.1, 0.15) is 0 Å². The molecule has 2 fully saturated rings. The van der Waals surface area contributed by atoms with Crippen LogP contribution >= 0.6 is 0 Å². The summed E-state index contributed by atoms with van der Waals surface area (Å²) in [6.45, 7) is 13.0. The van der Waals surface area contributed by atoms with Crippen LogP contribution in [0.4, 0.5) is 0 Å². The van der Waals surface area contributed by atoms with E-state index in [-0.39, 0.29) is 6.61 Å². The fourth-order valence-electron chi connectivity index (χ4n) is 4.36. The summed E-state index contributed by atoms with van der Waals surface area (Å²) in [6, 6.07) is 0. The van der Waals surface area contributed by atoms with Crippen molar-refractivity contribution >= 4 is 25.2 Å². The Morgan fingerprint density at radius 1 is 0.816 bits per heavy atom. The largest absolute Gasteiger partial charge is 0.434 e. The fourth-order valence-corrected chi connectivity index (χ4v) is 15.7. The summed E-state index contributed by atoms with van der Waals surface area (Å²) in [6.07, 6.45) is -10.2. The highest BCUT2D eigenvalue weighted by Crippen LogP contribution is 2.31. The molecule has 0 aromatic heterocycles. The van der Waals surface area contributed by atoms with Gasteiger partial charge >= 0.3 is 8.56 Å². The lowest BCUT2D eigenvalue weighted by Gasteiger charge is -2.39. The number of ether oxygens (including phenoxy) is 4. The Morgan fingerprint density at radius 3 is 1.92 bits per heavy atom. The lowest BCUT2D eigenvalue weighted by atomic mass is 9.99. The van der Waals surface area contributed by atoms with Crippen LogP contribution in [0.25, 0.3) is 0 Å². The molecule has 2 aliphatic heterocycles. The van der Waals surface area contributed by atoms with Crippen molar-refractivity contribution in [2.75, 3.05) is 26.4 Å². The van der Waals surface area contributed by atoms with Crippen molar-refractivity contribution in [3.63, 3.8) is 0 Å². The van der Waals surface area contributed by atoms with Crippen LogP contribution in [-0.2, 0) is 27.2 Å². The number of hydrogen-bond donors (Lipinski definition) is 7. The second-order valence-electron chi connectivity index (χ2n) is 11.8. The van der Waals surface area contributed by atoms with Crippen LogP contribution in [0.2, 0.25) is 45.8 Å². The second-order valence-corrected chi connectivity index (χ2v) is 24.3. The van der Waals surface area contributed by atoms with Crippen LogP contribution in [0.5, 0.6) is 0 Å². The smallest absolute Gasteiger partial charge is 0.341 e. The quantitative estimate of drug-likeness (QED) is 0.0951. The van der Waals surface area contributed by atoms with E-state index in [1.165, 1.54) is 0 Å². The van der Waals surface area contributed by atoms with Gasteiger partial charge in [-0.1, -0.05) is 6.08 Å².